The number of hydrogen-bond donors (Lipinski definition) is 1. The van der Waals surface area contributed by atoms with E-state index in [0.717, 1.165) is 9.13 Å². The highest BCUT2D eigenvalue weighted by atomic mass is 127. The van der Waals surface area contributed by atoms with Crippen LogP contribution in [0.1, 0.15) is 17.9 Å². The fraction of sp³-hybridized carbons (Fsp3) is 0.444. The Hall–Kier alpha value is -2.23. The van der Waals surface area contributed by atoms with Crippen LogP contribution in [-0.4, -0.2) is 94.6 Å². The summed E-state index contributed by atoms with van der Waals surface area (Å²) in [7, 11) is -2.37. The van der Waals surface area contributed by atoms with Gasteiger partial charge in [0.2, 0.25) is 16.3 Å². The Morgan fingerprint density at radius 2 is 1.79 bits per heavy atom. The van der Waals surface area contributed by atoms with E-state index in [0.29, 0.717) is 38.5 Å². The van der Waals surface area contributed by atoms with Crippen LogP contribution in [0.3, 0.4) is 0 Å². The summed E-state index contributed by atoms with van der Waals surface area (Å²) < 4.78 is 51.2. The predicted molar refractivity (Wildman–Crippen MR) is 152 cm³/mol. The second-order valence-electron chi connectivity index (χ2n) is 9.05. The van der Waals surface area contributed by atoms with E-state index in [1.165, 1.54) is 23.5 Å². The number of hydrogen-bond acceptors (Lipinski definition) is 8. The fourth-order valence-corrected chi connectivity index (χ4v) is 6.20. The average molecular weight is 673 g/mol. The van der Waals surface area contributed by atoms with Gasteiger partial charge in [0.1, 0.15) is 5.75 Å². The topological polar surface area (TPSA) is 115 Å². The second kappa shape index (κ2) is 13.9. The quantitative estimate of drug-likeness (QED) is 0.363. The molecule has 212 valence electrons. The number of methoxy groups -OCH3 is 1. The normalized spacial score (nSPS) is 19.9. The molecule has 0 bridgehead atoms. The molecule has 1 saturated heterocycles. The van der Waals surface area contributed by atoms with Crippen molar-refractivity contribution in [1.82, 2.24) is 9.21 Å². The van der Waals surface area contributed by atoms with Gasteiger partial charge in [-0.2, -0.15) is 4.31 Å². The first-order valence-corrected chi connectivity index (χ1v) is 15.2. The molecule has 0 spiro atoms. The van der Waals surface area contributed by atoms with E-state index in [2.05, 4.69) is 22.6 Å². The lowest BCUT2D eigenvalue weighted by Gasteiger charge is -2.33. The van der Waals surface area contributed by atoms with Crippen LogP contribution in [0.5, 0.6) is 5.75 Å². The Morgan fingerprint density at radius 3 is 2.44 bits per heavy atom. The smallest absolute Gasteiger partial charge is 0.288 e. The number of halogens is 1. The van der Waals surface area contributed by atoms with Crippen molar-refractivity contribution < 1.29 is 37.3 Å². The Kier molecular flexibility index (Phi) is 10.6. The zero-order chi connectivity index (χ0) is 27.8. The van der Waals surface area contributed by atoms with Gasteiger partial charge >= 0.3 is 0 Å². The lowest BCUT2D eigenvalue weighted by atomic mass is 9.93. The molecular weight excluding hydrogens is 639 g/mol. The van der Waals surface area contributed by atoms with Crippen LogP contribution in [0.25, 0.3) is 0 Å². The molecule has 39 heavy (non-hydrogen) atoms. The summed E-state index contributed by atoms with van der Waals surface area (Å²) in [6.45, 7) is 1.50. The van der Waals surface area contributed by atoms with Gasteiger partial charge in [-0.1, -0.05) is 12.1 Å². The maximum absolute atomic E-state index is 13.2. The molecule has 0 saturated carbocycles. The number of aliphatic hydroxyl groups is 1. The van der Waals surface area contributed by atoms with Crippen LogP contribution in [0.15, 0.2) is 65.3 Å². The molecule has 2 aliphatic rings. The monoisotopic (exact) mass is 672 g/mol. The average Bonchev–Trinajstić information content (AvgIpc) is 2.97. The van der Waals surface area contributed by atoms with Crippen LogP contribution in [-0.2, 0) is 29.0 Å². The van der Waals surface area contributed by atoms with Crippen molar-refractivity contribution in [3.63, 3.8) is 0 Å². The van der Waals surface area contributed by atoms with Gasteiger partial charge in [-0.25, -0.2) is 8.42 Å². The number of benzene rings is 2. The molecule has 2 atom stereocenters. The maximum Gasteiger partial charge on any atom is 0.288 e. The number of nitrogens with zero attached hydrogens (tertiary/aromatic N) is 2. The third kappa shape index (κ3) is 7.70. The summed E-state index contributed by atoms with van der Waals surface area (Å²) in [6.07, 6.45) is 1.55. The first-order chi connectivity index (χ1) is 18.8. The summed E-state index contributed by atoms with van der Waals surface area (Å²) in [6, 6.07) is 14.1. The van der Waals surface area contributed by atoms with E-state index in [9.17, 15) is 18.3 Å². The zero-order valence-electron chi connectivity index (χ0n) is 21.7. The molecule has 1 N–H and O–H groups in total. The molecular formula is C27H33IN2O8S. The van der Waals surface area contributed by atoms with Gasteiger partial charge in [0.15, 0.2) is 5.76 Å². The molecule has 0 aliphatic carbocycles. The Bertz CT molecular complexity index is 1230. The lowest BCUT2D eigenvalue weighted by molar-refractivity contribution is -0.155. The van der Waals surface area contributed by atoms with Crippen molar-refractivity contribution in [2.75, 3.05) is 59.7 Å². The number of rotatable bonds is 11. The minimum Gasteiger partial charge on any atom is -0.497 e. The highest BCUT2D eigenvalue weighted by molar-refractivity contribution is 14.1. The largest absolute Gasteiger partial charge is 0.497 e. The fourth-order valence-electron chi connectivity index (χ4n) is 4.42. The maximum atomic E-state index is 13.2. The number of sulfonamides is 1. The Labute approximate surface area is 242 Å². The summed E-state index contributed by atoms with van der Waals surface area (Å²) >= 11 is 2.25. The SMILES string of the molecule is COc1ccc(S(=O)(=O)N(CCO)CCO[C@H]2C[C@@H](c3ccc(I)cc3)C=C(C(=O)N3CCOCC3)O2)cc1. The standard InChI is InChI=1S/C27H33IN2O8S/c1-35-23-6-8-24(9-7-23)39(33,34)30(10-14-31)13-17-37-26-19-21(20-2-4-22(28)5-3-20)18-25(38-26)27(32)29-11-15-36-16-12-29/h2-9,18,21,26,31H,10-17,19H2,1H3/t21-,26+/m0/s1. The van der Waals surface area contributed by atoms with Crippen molar-refractivity contribution in [3.05, 3.63) is 69.5 Å². The van der Waals surface area contributed by atoms with E-state index >= 15 is 0 Å². The molecule has 2 aromatic carbocycles. The van der Waals surface area contributed by atoms with E-state index < -0.39 is 16.3 Å². The van der Waals surface area contributed by atoms with Gasteiger partial charge in [0.05, 0.1) is 38.4 Å². The van der Waals surface area contributed by atoms with Crippen molar-refractivity contribution in [2.45, 2.75) is 23.5 Å². The van der Waals surface area contributed by atoms with Gasteiger partial charge in [-0.3, -0.25) is 4.79 Å². The molecule has 0 radical (unpaired) electrons. The first-order valence-electron chi connectivity index (χ1n) is 12.7. The Morgan fingerprint density at radius 1 is 1.10 bits per heavy atom. The highest BCUT2D eigenvalue weighted by Crippen LogP contribution is 2.32. The van der Waals surface area contributed by atoms with E-state index in [-0.39, 0.29) is 48.8 Å². The number of carbonyl (C=O) groups excluding carboxylic acids is 1. The van der Waals surface area contributed by atoms with Gasteiger partial charge in [0.25, 0.3) is 5.91 Å². The molecule has 4 rings (SSSR count). The second-order valence-corrected chi connectivity index (χ2v) is 12.2. The van der Waals surface area contributed by atoms with Gasteiger partial charge < -0.3 is 29.0 Å². The molecule has 0 aromatic heterocycles. The number of morpholine rings is 1. The van der Waals surface area contributed by atoms with Crippen molar-refractivity contribution in [1.29, 1.82) is 0 Å². The minimum absolute atomic E-state index is 0.000556. The zero-order valence-corrected chi connectivity index (χ0v) is 24.7. The van der Waals surface area contributed by atoms with Crippen LogP contribution in [0, 0.1) is 3.57 Å². The first kappa shape index (κ1) is 29.7. The third-order valence-electron chi connectivity index (χ3n) is 6.56. The van der Waals surface area contributed by atoms with Crippen LogP contribution in [0.4, 0.5) is 0 Å². The molecule has 2 aromatic rings. The number of aliphatic hydroxyl groups excluding tert-OH is 1. The Balaban J connectivity index is 1.46. The summed E-state index contributed by atoms with van der Waals surface area (Å²) in [5.74, 6) is 0.428. The minimum atomic E-state index is -3.88. The highest BCUT2D eigenvalue weighted by Gasteiger charge is 2.32. The van der Waals surface area contributed by atoms with Gasteiger partial charge in [-0.05, 0) is 70.6 Å². The summed E-state index contributed by atoms with van der Waals surface area (Å²) in [5.41, 5.74) is 1.03. The van der Waals surface area contributed by atoms with Crippen LogP contribution >= 0.6 is 22.6 Å². The predicted octanol–water partition coefficient (Wildman–Crippen LogP) is 2.57. The number of amides is 1. The van der Waals surface area contributed by atoms with Crippen molar-refractivity contribution >= 4 is 38.5 Å². The van der Waals surface area contributed by atoms with E-state index in [1.54, 1.807) is 17.0 Å². The number of ether oxygens (including phenoxy) is 4. The summed E-state index contributed by atoms with van der Waals surface area (Å²) in [4.78, 5) is 15.0. The lowest BCUT2D eigenvalue weighted by Crippen LogP contribution is -2.43. The van der Waals surface area contributed by atoms with Gasteiger partial charge in [-0.15, -0.1) is 0 Å². The molecule has 10 nitrogen and oxygen atoms in total. The number of allylic oxidation sites excluding steroid dienone is 1. The molecule has 12 heteroatoms. The van der Waals surface area contributed by atoms with E-state index in [4.69, 9.17) is 18.9 Å². The molecule has 0 unspecified atom stereocenters. The van der Waals surface area contributed by atoms with E-state index in [1.807, 2.05) is 30.3 Å². The van der Waals surface area contributed by atoms with Gasteiger partial charge in [0, 0.05) is 42.1 Å². The molecule has 1 amide bonds. The number of carbonyl (C=O) groups is 1. The molecule has 2 aliphatic heterocycles. The molecule has 2 heterocycles. The molecule has 1 fully saturated rings. The van der Waals surface area contributed by atoms with Crippen LogP contribution in [0.2, 0.25) is 0 Å². The van der Waals surface area contributed by atoms with Crippen molar-refractivity contribution in [2.24, 2.45) is 0 Å². The summed E-state index contributed by atoms with van der Waals surface area (Å²) in [5, 5.41) is 9.53. The third-order valence-corrected chi connectivity index (χ3v) is 9.19. The van der Waals surface area contributed by atoms with Crippen molar-refractivity contribution in [3.8, 4) is 5.75 Å². The van der Waals surface area contributed by atoms with Crippen LogP contribution < -0.4 is 4.74 Å².